The van der Waals surface area contributed by atoms with E-state index in [0.717, 1.165) is 52.7 Å². The summed E-state index contributed by atoms with van der Waals surface area (Å²) in [5.41, 5.74) is 4.81. The molecule has 0 unspecified atom stereocenters. The van der Waals surface area contributed by atoms with Gasteiger partial charge in [-0.25, -0.2) is 4.79 Å². The number of likely N-dealkylation sites (tertiary alicyclic amines) is 1. The quantitative estimate of drug-likeness (QED) is 0.362. The van der Waals surface area contributed by atoms with Crippen LogP contribution in [0.2, 0.25) is 0 Å². The molecule has 5 rings (SSSR count). The number of nitrogens with zero attached hydrogens (tertiary/aromatic N) is 1. The number of ether oxygens (including phenoxy) is 4. The first-order chi connectivity index (χ1) is 18.0. The van der Waals surface area contributed by atoms with E-state index in [4.69, 9.17) is 18.9 Å². The lowest BCUT2D eigenvalue weighted by Crippen LogP contribution is -2.39. The van der Waals surface area contributed by atoms with Crippen LogP contribution in [0.15, 0.2) is 42.6 Å². The molecular weight excluding hydrogens is 472 g/mol. The van der Waals surface area contributed by atoms with Crippen molar-refractivity contribution in [3.05, 3.63) is 64.8 Å². The molecule has 0 bridgehead atoms. The number of carboxylic acids is 1. The molecule has 3 heterocycles. The fraction of sp³-hybridized carbons (Fsp3) is 0.483. The van der Waals surface area contributed by atoms with Gasteiger partial charge in [0.25, 0.3) is 0 Å². The number of hydrogen-bond acceptors (Lipinski definition) is 6. The number of aromatic nitrogens is 1. The molecule has 0 spiro atoms. The van der Waals surface area contributed by atoms with Crippen molar-refractivity contribution in [2.45, 2.75) is 51.5 Å². The standard InChI is InChI=1S/C29H36N2O6/c1-3-35-22-9-11-31(26(15-22)20-4-6-21(7-5-20)29(32)33)16-25-24-8-10-30-28(24)19(2)14-27(25)37-13-12-36-23-17-34-18-23/h4-8,10,14,22-23,26,30H,3,9,11-13,15-18H2,1-2H3,(H,32,33)/t22-,26-/m0/s1. The van der Waals surface area contributed by atoms with Gasteiger partial charge >= 0.3 is 5.97 Å². The number of fused-ring (bicyclic) bond motifs is 1. The first-order valence-corrected chi connectivity index (χ1v) is 13.1. The predicted molar refractivity (Wildman–Crippen MR) is 140 cm³/mol. The van der Waals surface area contributed by atoms with Crippen molar-refractivity contribution in [2.75, 3.05) is 39.6 Å². The van der Waals surface area contributed by atoms with E-state index < -0.39 is 5.97 Å². The van der Waals surface area contributed by atoms with Gasteiger partial charge in [-0.3, -0.25) is 4.90 Å². The Morgan fingerprint density at radius 2 is 1.95 bits per heavy atom. The highest BCUT2D eigenvalue weighted by Gasteiger charge is 2.31. The van der Waals surface area contributed by atoms with Crippen molar-refractivity contribution in [2.24, 2.45) is 0 Å². The van der Waals surface area contributed by atoms with Crippen molar-refractivity contribution >= 4 is 16.9 Å². The van der Waals surface area contributed by atoms with E-state index in [2.05, 4.69) is 28.9 Å². The minimum atomic E-state index is -0.913. The van der Waals surface area contributed by atoms with Gasteiger partial charge in [-0.2, -0.15) is 0 Å². The summed E-state index contributed by atoms with van der Waals surface area (Å²) < 4.78 is 23.3. The fourth-order valence-corrected chi connectivity index (χ4v) is 5.36. The molecule has 2 aliphatic heterocycles. The highest BCUT2D eigenvalue weighted by Crippen LogP contribution is 2.38. The van der Waals surface area contributed by atoms with Crippen molar-refractivity contribution in [1.29, 1.82) is 0 Å². The van der Waals surface area contributed by atoms with Gasteiger partial charge in [-0.05, 0) is 62.1 Å². The number of aromatic amines is 1. The molecule has 0 saturated carbocycles. The van der Waals surface area contributed by atoms with Crippen LogP contribution in [0.25, 0.3) is 10.9 Å². The minimum Gasteiger partial charge on any atom is -0.491 e. The highest BCUT2D eigenvalue weighted by molar-refractivity contribution is 5.88. The van der Waals surface area contributed by atoms with E-state index >= 15 is 0 Å². The third kappa shape index (κ3) is 5.83. The Morgan fingerprint density at radius 3 is 2.65 bits per heavy atom. The number of nitrogens with one attached hydrogen (secondary N) is 1. The van der Waals surface area contributed by atoms with Gasteiger partial charge in [-0.15, -0.1) is 0 Å². The Kier molecular flexibility index (Phi) is 8.10. The summed E-state index contributed by atoms with van der Waals surface area (Å²) in [6.45, 7) is 8.72. The number of aromatic carboxylic acids is 1. The van der Waals surface area contributed by atoms with Gasteiger partial charge in [0.05, 0.1) is 31.5 Å². The molecule has 198 valence electrons. The fourth-order valence-electron chi connectivity index (χ4n) is 5.36. The van der Waals surface area contributed by atoms with Gasteiger partial charge in [0.2, 0.25) is 0 Å². The second-order valence-electron chi connectivity index (χ2n) is 9.83. The average Bonchev–Trinajstić information content (AvgIpc) is 3.37. The number of carboxylic acid groups (broad SMARTS) is 1. The lowest BCUT2D eigenvalue weighted by atomic mass is 9.91. The largest absolute Gasteiger partial charge is 0.491 e. The van der Waals surface area contributed by atoms with Gasteiger partial charge in [0.1, 0.15) is 18.5 Å². The summed E-state index contributed by atoms with van der Waals surface area (Å²) in [5, 5.41) is 10.5. The molecule has 2 atom stereocenters. The van der Waals surface area contributed by atoms with E-state index in [1.54, 1.807) is 12.1 Å². The van der Waals surface area contributed by atoms with E-state index in [-0.39, 0.29) is 18.2 Å². The highest BCUT2D eigenvalue weighted by atomic mass is 16.6. The number of aryl methyl sites for hydroxylation is 1. The zero-order valence-electron chi connectivity index (χ0n) is 21.6. The zero-order chi connectivity index (χ0) is 25.8. The summed E-state index contributed by atoms with van der Waals surface area (Å²) >= 11 is 0. The average molecular weight is 509 g/mol. The first kappa shape index (κ1) is 25.7. The molecule has 2 saturated heterocycles. The van der Waals surface area contributed by atoms with Crippen LogP contribution >= 0.6 is 0 Å². The molecule has 1 aromatic heterocycles. The monoisotopic (exact) mass is 508 g/mol. The van der Waals surface area contributed by atoms with Crippen LogP contribution in [-0.4, -0.2) is 72.7 Å². The number of piperidine rings is 1. The molecule has 2 fully saturated rings. The van der Waals surface area contributed by atoms with E-state index in [0.29, 0.717) is 45.1 Å². The number of carbonyl (C=O) groups is 1. The van der Waals surface area contributed by atoms with E-state index in [1.165, 1.54) is 0 Å². The molecule has 2 aromatic carbocycles. The maximum absolute atomic E-state index is 11.4. The first-order valence-electron chi connectivity index (χ1n) is 13.1. The number of hydrogen-bond donors (Lipinski definition) is 2. The molecule has 8 heteroatoms. The van der Waals surface area contributed by atoms with Gasteiger partial charge < -0.3 is 29.0 Å². The second kappa shape index (κ2) is 11.6. The maximum atomic E-state index is 11.4. The Labute approximate surface area is 217 Å². The Hall–Kier alpha value is -2.91. The van der Waals surface area contributed by atoms with Crippen molar-refractivity contribution in [3.63, 3.8) is 0 Å². The summed E-state index contributed by atoms with van der Waals surface area (Å²) in [6, 6.07) is 11.6. The van der Waals surface area contributed by atoms with Crippen LogP contribution in [0.5, 0.6) is 5.75 Å². The summed E-state index contributed by atoms with van der Waals surface area (Å²) in [7, 11) is 0. The molecule has 37 heavy (non-hydrogen) atoms. The summed E-state index contributed by atoms with van der Waals surface area (Å²) in [6.07, 6.45) is 4.15. The summed E-state index contributed by atoms with van der Waals surface area (Å²) in [4.78, 5) is 17.3. The minimum absolute atomic E-state index is 0.109. The van der Waals surface area contributed by atoms with Crippen LogP contribution in [0.1, 0.15) is 52.9 Å². The molecule has 2 aliphatic rings. The predicted octanol–water partition coefficient (Wildman–Crippen LogP) is 4.71. The third-order valence-electron chi connectivity index (χ3n) is 7.38. The topological polar surface area (TPSA) is 93.3 Å². The Bertz CT molecular complexity index is 1200. The lowest BCUT2D eigenvalue weighted by Gasteiger charge is -2.40. The van der Waals surface area contributed by atoms with Crippen LogP contribution in [0, 0.1) is 6.92 Å². The normalized spacial score (nSPS) is 20.7. The number of H-pyrrole nitrogens is 1. The zero-order valence-corrected chi connectivity index (χ0v) is 21.6. The SMILES string of the molecule is CCO[C@H]1CCN(Cc2c(OCCOC3COC3)cc(C)c3[nH]ccc23)[C@H](c2ccc(C(=O)O)cc2)C1. The van der Waals surface area contributed by atoms with Crippen LogP contribution in [0.4, 0.5) is 0 Å². The molecule has 0 amide bonds. The Balaban J connectivity index is 1.40. The molecule has 0 radical (unpaired) electrons. The second-order valence-corrected chi connectivity index (χ2v) is 9.83. The maximum Gasteiger partial charge on any atom is 0.335 e. The van der Waals surface area contributed by atoms with Crippen molar-refractivity contribution in [1.82, 2.24) is 9.88 Å². The number of benzene rings is 2. The lowest BCUT2D eigenvalue weighted by molar-refractivity contribution is -0.132. The van der Waals surface area contributed by atoms with Gasteiger partial charge in [-0.1, -0.05) is 12.1 Å². The van der Waals surface area contributed by atoms with Gasteiger partial charge in [0, 0.05) is 48.4 Å². The molecular formula is C29H36N2O6. The van der Waals surface area contributed by atoms with Crippen LogP contribution < -0.4 is 4.74 Å². The van der Waals surface area contributed by atoms with Crippen LogP contribution in [-0.2, 0) is 20.8 Å². The Morgan fingerprint density at radius 1 is 1.14 bits per heavy atom. The molecule has 3 aromatic rings. The van der Waals surface area contributed by atoms with E-state index in [9.17, 15) is 9.90 Å². The molecule has 2 N–H and O–H groups in total. The molecule has 0 aliphatic carbocycles. The van der Waals surface area contributed by atoms with Crippen LogP contribution in [0.3, 0.4) is 0 Å². The molecule has 8 nitrogen and oxygen atoms in total. The summed E-state index contributed by atoms with van der Waals surface area (Å²) in [5.74, 6) is -0.0330. The smallest absolute Gasteiger partial charge is 0.335 e. The van der Waals surface area contributed by atoms with Crippen molar-refractivity contribution < 1.29 is 28.8 Å². The number of rotatable bonds is 11. The van der Waals surface area contributed by atoms with E-state index in [1.807, 2.05) is 25.3 Å². The van der Waals surface area contributed by atoms with Gasteiger partial charge in [0.15, 0.2) is 0 Å². The van der Waals surface area contributed by atoms with Crippen molar-refractivity contribution in [3.8, 4) is 5.75 Å². The third-order valence-corrected chi connectivity index (χ3v) is 7.38.